The summed E-state index contributed by atoms with van der Waals surface area (Å²) in [5.74, 6) is -0.333. The second-order valence-electron chi connectivity index (χ2n) is 7.68. The second-order valence-corrected chi connectivity index (χ2v) is 9.20. The van der Waals surface area contributed by atoms with Gasteiger partial charge in [0, 0.05) is 29.6 Å². The third-order valence-electron chi connectivity index (χ3n) is 5.38. The lowest BCUT2D eigenvalue weighted by atomic mass is 10.2. The molecule has 0 atom stereocenters. The van der Waals surface area contributed by atoms with Crippen molar-refractivity contribution in [1.82, 2.24) is 10.2 Å². The molecular formula is C24H26ClN3O3S. The molecule has 1 N–H and O–H groups in total. The van der Waals surface area contributed by atoms with Crippen molar-refractivity contribution in [3.8, 4) is 0 Å². The lowest BCUT2D eigenvalue weighted by Gasteiger charge is -2.30. The maximum atomic E-state index is 13.2. The second kappa shape index (κ2) is 11.0. The molecule has 2 aromatic carbocycles. The molecule has 2 heterocycles. The summed E-state index contributed by atoms with van der Waals surface area (Å²) in [4.78, 5) is 31.3. The van der Waals surface area contributed by atoms with Gasteiger partial charge < -0.3 is 10.1 Å². The molecule has 1 saturated heterocycles. The molecule has 0 unspecified atom stereocenters. The van der Waals surface area contributed by atoms with Gasteiger partial charge in [-0.15, -0.1) is 0 Å². The summed E-state index contributed by atoms with van der Waals surface area (Å²) in [6.07, 6.45) is 2.71. The Balaban J connectivity index is 1.40. The molecule has 8 heteroatoms. The summed E-state index contributed by atoms with van der Waals surface area (Å²) in [7, 11) is 0. The number of amides is 2. The summed E-state index contributed by atoms with van der Waals surface area (Å²) in [5.41, 5.74) is 1.65. The number of morpholine rings is 1. The van der Waals surface area contributed by atoms with Gasteiger partial charge in [0.15, 0.2) is 0 Å². The van der Waals surface area contributed by atoms with Crippen LogP contribution < -0.4 is 10.2 Å². The van der Waals surface area contributed by atoms with E-state index in [1.165, 1.54) is 11.8 Å². The van der Waals surface area contributed by atoms with Crippen molar-refractivity contribution in [1.29, 1.82) is 0 Å². The number of halogens is 1. The van der Waals surface area contributed by atoms with E-state index in [0.29, 0.717) is 16.5 Å². The standard InChI is InChI=1S/C24H26ClN3O3S/c25-19-8-6-18(7-9-19)16-22-24(30)28(20-4-1-2-5-21(20)32-22)17-23(29)26-10-3-11-27-12-14-31-15-13-27/h1-2,4-9,16H,3,10-15,17H2,(H,26,29). The van der Waals surface area contributed by atoms with Crippen LogP contribution in [0.5, 0.6) is 0 Å². The Morgan fingerprint density at radius 2 is 1.88 bits per heavy atom. The van der Waals surface area contributed by atoms with Crippen molar-refractivity contribution in [2.24, 2.45) is 0 Å². The molecule has 6 nitrogen and oxygen atoms in total. The third kappa shape index (κ3) is 5.92. The number of carbonyl (C=O) groups excluding carboxylic acids is 2. The third-order valence-corrected chi connectivity index (χ3v) is 6.71. The average Bonchev–Trinajstić information content (AvgIpc) is 2.81. The van der Waals surface area contributed by atoms with E-state index in [4.69, 9.17) is 16.3 Å². The van der Waals surface area contributed by atoms with Gasteiger partial charge in [0.05, 0.1) is 23.8 Å². The number of para-hydroxylation sites is 1. The minimum absolute atomic E-state index is 0.00802. The van der Waals surface area contributed by atoms with Gasteiger partial charge in [0.2, 0.25) is 5.91 Å². The van der Waals surface area contributed by atoms with Gasteiger partial charge in [-0.05, 0) is 48.9 Å². The zero-order valence-corrected chi connectivity index (χ0v) is 19.3. The highest BCUT2D eigenvalue weighted by molar-refractivity contribution is 8.04. The van der Waals surface area contributed by atoms with E-state index in [2.05, 4.69) is 10.2 Å². The van der Waals surface area contributed by atoms with Gasteiger partial charge in [-0.2, -0.15) is 0 Å². The zero-order chi connectivity index (χ0) is 22.3. The summed E-state index contributed by atoms with van der Waals surface area (Å²) in [5, 5.41) is 3.61. The molecule has 4 rings (SSSR count). The van der Waals surface area contributed by atoms with E-state index < -0.39 is 0 Å². The van der Waals surface area contributed by atoms with Gasteiger partial charge >= 0.3 is 0 Å². The quantitative estimate of drug-likeness (QED) is 0.493. The molecule has 0 aliphatic carbocycles. The number of nitrogens with zero attached hydrogens (tertiary/aromatic N) is 2. The molecule has 0 aromatic heterocycles. The molecule has 0 spiro atoms. The fourth-order valence-electron chi connectivity index (χ4n) is 3.68. The minimum atomic E-state index is -0.174. The Labute approximate surface area is 197 Å². The first kappa shape index (κ1) is 22.9. The predicted octanol–water partition coefficient (Wildman–Crippen LogP) is 3.66. The molecule has 2 aliphatic heterocycles. The molecule has 0 radical (unpaired) electrons. The first-order valence-electron chi connectivity index (χ1n) is 10.7. The van der Waals surface area contributed by atoms with Crippen LogP contribution in [0.3, 0.4) is 0 Å². The monoisotopic (exact) mass is 471 g/mol. The first-order chi connectivity index (χ1) is 15.6. The number of ether oxygens (including phenoxy) is 1. The fourth-order valence-corrected chi connectivity index (χ4v) is 4.87. The minimum Gasteiger partial charge on any atom is -0.379 e. The van der Waals surface area contributed by atoms with Crippen LogP contribution in [0.15, 0.2) is 58.3 Å². The van der Waals surface area contributed by atoms with Gasteiger partial charge in [-0.1, -0.05) is 47.6 Å². The Morgan fingerprint density at radius 3 is 2.66 bits per heavy atom. The highest BCUT2D eigenvalue weighted by Crippen LogP contribution is 2.41. The Hall–Kier alpha value is -2.32. The van der Waals surface area contributed by atoms with Crippen molar-refractivity contribution in [3.05, 3.63) is 64.0 Å². The maximum Gasteiger partial charge on any atom is 0.265 e. The fraction of sp³-hybridized carbons (Fsp3) is 0.333. The van der Waals surface area contributed by atoms with Gasteiger partial charge in [0.25, 0.3) is 5.91 Å². The van der Waals surface area contributed by atoms with E-state index >= 15 is 0 Å². The van der Waals surface area contributed by atoms with E-state index in [1.54, 1.807) is 17.0 Å². The van der Waals surface area contributed by atoms with Crippen LogP contribution in [0.2, 0.25) is 5.02 Å². The van der Waals surface area contributed by atoms with Crippen LogP contribution >= 0.6 is 23.4 Å². The van der Waals surface area contributed by atoms with Crippen molar-refractivity contribution < 1.29 is 14.3 Å². The SMILES string of the molecule is O=C(CN1C(=O)C(=Cc2ccc(Cl)cc2)Sc2ccccc21)NCCCN1CCOCC1. The van der Waals surface area contributed by atoms with Crippen LogP contribution in [0.25, 0.3) is 6.08 Å². The molecule has 0 saturated carbocycles. The number of benzene rings is 2. The molecule has 0 bridgehead atoms. The Kier molecular flexibility index (Phi) is 7.86. The molecular weight excluding hydrogens is 446 g/mol. The number of carbonyl (C=O) groups is 2. The number of nitrogens with one attached hydrogen (secondary N) is 1. The van der Waals surface area contributed by atoms with E-state index in [1.807, 2.05) is 42.5 Å². The summed E-state index contributed by atoms with van der Waals surface area (Å²) in [6, 6.07) is 15.0. The van der Waals surface area contributed by atoms with Crippen LogP contribution in [0.4, 0.5) is 5.69 Å². The maximum absolute atomic E-state index is 13.2. The zero-order valence-electron chi connectivity index (χ0n) is 17.8. The van der Waals surface area contributed by atoms with E-state index in [0.717, 1.165) is 55.4 Å². The van der Waals surface area contributed by atoms with Crippen molar-refractivity contribution >= 4 is 46.9 Å². The number of thioether (sulfide) groups is 1. The van der Waals surface area contributed by atoms with Gasteiger partial charge in [-0.25, -0.2) is 0 Å². The van der Waals surface area contributed by atoms with Gasteiger partial charge in [0.1, 0.15) is 6.54 Å². The molecule has 168 valence electrons. The van der Waals surface area contributed by atoms with Crippen LogP contribution in [0, 0.1) is 0 Å². The number of hydrogen-bond acceptors (Lipinski definition) is 5. The number of rotatable bonds is 7. The molecule has 2 amide bonds. The van der Waals surface area contributed by atoms with Crippen molar-refractivity contribution in [3.63, 3.8) is 0 Å². The lowest BCUT2D eigenvalue weighted by molar-refractivity contribution is -0.122. The Morgan fingerprint density at radius 1 is 1.12 bits per heavy atom. The topological polar surface area (TPSA) is 61.9 Å². The first-order valence-corrected chi connectivity index (χ1v) is 11.9. The van der Waals surface area contributed by atoms with Crippen molar-refractivity contribution in [2.45, 2.75) is 11.3 Å². The lowest BCUT2D eigenvalue weighted by Crippen LogP contribution is -2.43. The van der Waals surface area contributed by atoms with Crippen molar-refractivity contribution in [2.75, 3.05) is 50.8 Å². The number of hydrogen-bond donors (Lipinski definition) is 1. The summed E-state index contributed by atoms with van der Waals surface area (Å²) in [6.45, 7) is 4.92. The molecule has 2 aliphatic rings. The van der Waals surface area contributed by atoms with Gasteiger partial charge in [-0.3, -0.25) is 19.4 Å². The number of anilines is 1. The van der Waals surface area contributed by atoms with Crippen LogP contribution in [0.1, 0.15) is 12.0 Å². The molecule has 1 fully saturated rings. The van der Waals surface area contributed by atoms with Crippen LogP contribution in [-0.4, -0.2) is 62.7 Å². The Bertz CT molecular complexity index is 990. The summed E-state index contributed by atoms with van der Waals surface area (Å²) >= 11 is 7.39. The van der Waals surface area contributed by atoms with E-state index in [9.17, 15) is 9.59 Å². The van der Waals surface area contributed by atoms with E-state index in [-0.39, 0.29) is 18.4 Å². The normalized spacial score (nSPS) is 18.0. The molecule has 32 heavy (non-hydrogen) atoms. The largest absolute Gasteiger partial charge is 0.379 e. The smallest absolute Gasteiger partial charge is 0.265 e. The van der Waals surface area contributed by atoms with Crippen LogP contribution in [-0.2, 0) is 14.3 Å². The predicted molar refractivity (Wildman–Crippen MR) is 129 cm³/mol. The highest BCUT2D eigenvalue weighted by Gasteiger charge is 2.30. The average molecular weight is 472 g/mol. The molecule has 2 aromatic rings. The summed E-state index contributed by atoms with van der Waals surface area (Å²) < 4.78 is 5.36. The number of fused-ring (bicyclic) bond motifs is 1. The highest BCUT2D eigenvalue weighted by atomic mass is 35.5.